The highest BCUT2D eigenvalue weighted by Gasteiger charge is 2.43. The largest absolute Gasteiger partial charge is 0.294 e. The second-order valence-corrected chi connectivity index (χ2v) is 5.59. The predicted molar refractivity (Wildman–Crippen MR) is 77.8 cm³/mol. The van der Waals surface area contributed by atoms with Crippen LogP contribution in [0.1, 0.15) is 33.8 Å². The van der Waals surface area contributed by atoms with Gasteiger partial charge in [0.1, 0.15) is 0 Å². The molecule has 0 saturated heterocycles. The fourth-order valence-electron chi connectivity index (χ4n) is 2.51. The molecule has 0 amide bonds. The van der Waals surface area contributed by atoms with Crippen molar-refractivity contribution < 1.29 is 4.79 Å². The van der Waals surface area contributed by atoms with E-state index in [-0.39, 0.29) is 11.7 Å². The highest BCUT2D eigenvalue weighted by molar-refractivity contribution is 6.31. The van der Waals surface area contributed by atoms with E-state index in [2.05, 4.69) is 12.1 Å². The van der Waals surface area contributed by atoms with Gasteiger partial charge in [0.2, 0.25) is 0 Å². The minimum absolute atomic E-state index is 0.126. The molecule has 19 heavy (non-hydrogen) atoms. The average molecular weight is 271 g/mol. The van der Waals surface area contributed by atoms with E-state index >= 15 is 0 Å². The molecule has 2 unspecified atom stereocenters. The number of benzene rings is 2. The van der Waals surface area contributed by atoms with Crippen molar-refractivity contribution in [2.75, 3.05) is 0 Å². The molecule has 96 valence electrons. The lowest BCUT2D eigenvalue weighted by molar-refractivity contribution is 0.0965. The molecule has 2 aromatic carbocycles. The first-order valence-electron chi connectivity index (χ1n) is 6.52. The summed E-state index contributed by atoms with van der Waals surface area (Å²) in [5.41, 5.74) is 3.01. The van der Waals surface area contributed by atoms with Gasteiger partial charge in [-0.15, -0.1) is 0 Å². The molecular formula is C17H15ClO. The fraction of sp³-hybridized carbons (Fsp3) is 0.235. The van der Waals surface area contributed by atoms with Crippen molar-refractivity contribution in [3.63, 3.8) is 0 Å². The molecular weight excluding hydrogens is 256 g/mol. The van der Waals surface area contributed by atoms with E-state index in [1.807, 2.05) is 37.3 Å². The number of hydrogen-bond donors (Lipinski definition) is 0. The van der Waals surface area contributed by atoms with Crippen LogP contribution in [-0.2, 0) is 0 Å². The number of rotatable bonds is 3. The van der Waals surface area contributed by atoms with E-state index in [4.69, 9.17) is 11.6 Å². The second-order valence-electron chi connectivity index (χ2n) is 5.19. The zero-order valence-corrected chi connectivity index (χ0v) is 11.5. The maximum atomic E-state index is 12.4. The molecule has 0 aromatic heterocycles. The van der Waals surface area contributed by atoms with Gasteiger partial charge in [0.05, 0.1) is 0 Å². The van der Waals surface area contributed by atoms with Crippen LogP contribution < -0.4 is 0 Å². The molecule has 2 atom stereocenters. The van der Waals surface area contributed by atoms with E-state index in [1.54, 1.807) is 6.07 Å². The van der Waals surface area contributed by atoms with Gasteiger partial charge in [-0.2, -0.15) is 0 Å². The summed E-state index contributed by atoms with van der Waals surface area (Å²) in [6.07, 6.45) is 0.953. The van der Waals surface area contributed by atoms with Crippen molar-refractivity contribution in [1.82, 2.24) is 0 Å². The van der Waals surface area contributed by atoms with Crippen LogP contribution in [0.2, 0.25) is 5.02 Å². The number of carbonyl (C=O) groups is 1. The van der Waals surface area contributed by atoms with Gasteiger partial charge in [-0.1, -0.05) is 54.1 Å². The van der Waals surface area contributed by atoms with Crippen LogP contribution in [0.5, 0.6) is 0 Å². The Morgan fingerprint density at radius 1 is 1.16 bits per heavy atom. The van der Waals surface area contributed by atoms with Crippen LogP contribution >= 0.6 is 11.6 Å². The Hall–Kier alpha value is -1.60. The van der Waals surface area contributed by atoms with Gasteiger partial charge in [-0.3, -0.25) is 4.79 Å². The first kappa shape index (κ1) is 12.4. The zero-order chi connectivity index (χ0) is 13.4. The Balaban J connectivity index is 1.78. The molecule has 0 bridgehead atoms. The minimum Gasteiger partial charge on any atom is -0.294 e. The van der Waals surface area contributed by atoms with E-state index in [1.165, 1.54) is 5.56 Å². The number of carbonyl (C=O) groups excluding carboxylic acids is 1. The topological polar surface area (TPSA) is 17.1 Å². The third-order valence-corrected chi connectivity index (χ3v) is 4.22. The van der Waals surface area contributed by atoms with Crippen molar-refractivity contribution in [2.45, 2.75) is 19.3 Å². The van der Waals surface area contributed by atoms with Gasteiger partial charge < -0.3 is 0 Å². The SMILES string of the molecule is Cc1ccc(C(=O)C2CC2c2ccccc2)cc1Cl. The van der Waals surface area contributed by atoms with Gasteiger partial charge in [-0.25, -0.2) is 0 Å². The molecule has 1 nitrogen and oxygen atoms in total. The fourth-order valence-corrected chi connectivity index (χ4v) is 2.69. The van der Waals surface area contributed by atoms with Gasteiger partial charge in [0.25, 0.3) is 0 Å². The Morgan fingerprint density at radius 2 is 1.89 bits per heavy atom. The molecule has 3 rings (SSSR count). The Kier molecular flexibility index (Phi) is 3.16. The molecule has 2 heteroatoms. The van der Waals surface area contributed by atoms with Crippen molar-refractivity contribution >= 4 is 17.4 Å². The van der Waals surface area contributed by atoms with Crippen LogP contribution in [0, 0.1) is 12.8 Å². The van der Waals surface area contributed by atoms with Gasteiger partial charge in [-0.05, 0) is 36.5 Å². The lowest BCUT2D eigenvalue weighted by Gasteiger charge is -2.03. The molecule has 0 spiro atoms. The van der Waals surface area contributed by atoms with Crippen LogP contribution in [0.25, 0.3) is 0 Å². The van der Waals surface area contributed by atoms with E-state index < -0.39 is 0 Å². The Bertz CT molecular complexity index is 618. The molecule has 1 aliphatic carbocycles. The van der Waals surface area contributed by atoms with Crippen molar-refractivity contribution in [3.05, 3.63) is 70.2 Å². The van der Waals surface area contributed by atoms with Gasteiger partial charge >= 0.3 is 0 Å². The summed E-state index contributed by atoms with van der Waals surface area (Å²) in [4.78, 5) is 12.4. The summed E-state index contributed by atoms with van der Waals surface area (Å²) < 4.78 is 0. The summed E-state index contributed by atoms with van der Waals surface area (Å²) >= 11 is 6.08. The predicted octanol–water partition coefficient (Wildman–Crippen LogP) is 4.63. The van der Waals surface area contributed by atoms with Crippen molar-refractivity contribution in [2.24, 2.45) is 5.92 Å². The highest BCUT2D eigenvalue weighted by Crippen LogP contribution is 2.49. The number of hydrogen-bond acceptors (Lipinski definition) is 1. The molecule has 0 N–H and O–H groups in total. The van der Waals surface area contributed by atoms with E-state index in [9.17, 15) is 4.79 Å². The van der Waals surface area contributed by atoms with E-state index in [0.717, 1.165) is 17.5 Å². The molecule has 2 aromatic rings. The lowest BCUT2D eigenvalue weighted by Crippen LogP contribution is -2.03. The monoisotopic (exact) mass is 270 g/mol. The molecule has 0 heterocycles. The summed E-state index contributed by atoms with van der Waals surface area (Å²) in [6.45, 7) is 1.94. The number of ketones is 1. The van der Waals surface area contributed by atoms with Crippen molar-refractivity contribution in [1.29, 1.82) is 0 Å². The van der Waals surface area contributed by atoms with Crippen LogP contribution in [0.15, 0.2) is 48.5 Å². The minimum atomic E-state index is 0.126. The van der Waals surface area contributed by atoms with Gasteiger partial charge in [0.15, 0.2) is 5.78 Å². The normalized spacial score (nSPS) is 21.2. The Labute approximate surface area is 118 Å². The van der Waals surface area contributed by atoms with E-state index in [0.29, 0.717) is 10.9 Å². The van der Waals surface area contributed by atoms with Crippen LogP contribution in [-0.4, -0.2) is 5.78 Å². The third kappa shape index (κ3) is 2.43. The summed E-state index contributed by atoms with van der Waals surface area (Å²) in [5.74, 6) is 0.728. The maximum absolute atomic E-state index is 12.4. The number of Topliss-reactive ketones (excluding diaryl/α,β-unsaturated/α-hetero) is 1. The number of aryl methyl sites for hydroxylation is 1. The quantitative estimate of drug-likeness (QED) is 0.743. The summed E-state index contributed by atoms with van der Waals surface area (Å²) in [7, 11) is 0. The Morgan fingerprint density at radius 3 is 2.58 bits per heavy atom. The molecule has 1 fully saturated rings. The molecule has 1 saturated carbocycles. The van der Waals surface area contributed by atoms with Crippen LogP contribution in [0.3, 0.4) is 0 Å². The first-order chi connectivity index (χ1) is 9.16. The smallest absolute Gasteiger partial charge is 0.166 e. The zero-order valence-electron chi connectivity index (χ0n) is 10.8. The maximum Gasteiger partial charge on any atom is 0.166 e. The first-order valence-corrected chi connectivity index (χ1v) is 6.90. The second kappa shape index (κ2) is 4.82. The standard InChI is InChI=1S/C17H15ClO/c1-11-7-8-13(9-16(11)18)17(19)15-10-14(15)12-5-3-2-4-6-12/h2-9,14-15H,10H2,1H3. The molecule has 0 radical (unpaired) electrons. The summed E-state index contributed by atoms with van der Waals surface area (Å²) in [6, 6.07) is 15.8. The third-order valence-electron chi connectivity index (χ3n) is 3.81. The highest BCUT2D eigenvalue weighted by atomic mass is 35.5. The van der Waals surface area contributed by atoms with Crippen molar-refractivity contribution in [3.8, 4) is 0 Å². The lowest BCUT2D eigenvalue weighted by atomic mass is 10.0. The summed E-state index contributed by atoms with van der Waals surface area (Å²) in [5, 5.41) is 0.669. The molecule has 1 aliphatic rings. The number of halogens is 1. The van der Waals surface area contributed by atoms with Crippen LogP contribution in [0.4, 0.5) is 0 Å². The molecule has 0 aliphatic heterocycles. The van der Waals surface area contributed by atoms with Gasteiger partial charge in [0, 0.05) is 16.5 Å². The average Bonchev–Trinajstić information content (AvgIpc) is 3.22.